The van der Waals surface area contributed by atoms with Crippen LogP contribution in [0.4, 0.5) is 0 Å². The number of benzene rings is 1. The van der Waals surface area contributed by atoms with Crippen molar-refractivity contribution in [3.05, 3.63) is 35.4 Å². The van der Waals surface area contributed by atoms with Crippen LogP contribution in [0, 0.1) is 0 Å². The van der Waals surface area contributed by atoms with Gasteiger partial charge in [-0.3, -0.25) is 4.90 Å². The molecular formula is C18H29NO. The van der Waals surface area contributed by atoms with E-state index in [0.717, 1.165) is 18.7 Å². The molecule has 1 aromatic carbocycles. The molecule has 1 fully saturated rings. The molecule has 1 N–H and O–H groups in total. The first kappa shape index (κ1) is 15.5. The van der Waals surface area contributed by atoms with Crippen LogP contribution in [0.2, 0.25) is 0 Å². The minimum atomic E-state index is -0.364. The molecule has 0 saturated heterocycles. The van der Waals surface area contributed by atoms with Crippen molar-refractivity contribution in [3.8, 4) is 0 Å². The Kier molecular flexibility index (Phi) is 5.62. The van der Waals surface area contributed by atoms with Gasteiger partial charge < -0.3 is 5.11 Å². The zero-order chi connectivity index (χ0) is 14.5. The molecule has 20 heavy (non-hydrogen) atoms. The molecule has 1 unspecified atom stereocenters. The number of hydrogen-bond acceptors (Lipinski definition) is 2. The van der Waals surface area contributed by atoms with Crippen LogP contribution in [0.5, 0.6) is 0 Å². The van der Waals surface area contributed by atoms with Crippen molar-refractivity contribution in [2.45, 2.75) is 64.5 Å². The van der Waals surface area contributed by atoms with Crippen molar-refractivity contribution >= 4 is 0 Å². The molecule has 1 aromatic rings. The fraction of sp³-hybridized carbons (Fsp3) is 0.667. The van der Waals surface area contributed by atoms with E-state index >= 15 is 0 Å². The van der Waals surface area contributed by atoms with Gasteiger partial charge in [0.15, 0.2) is 0 Å². The highest BCUT2D eigenvalue weighted by molar-refractivity contribution is 5.26. The van der Waals surface area contributed by atoms with Gasteiger partial charge in [0.1, 0.15) is 0 Å². The Morgan fingerprint density at radius 1 is 1.10 bits per heavy atom. The summed E-state index contributed by atoms with van der Waals surface area (Å²) in [6.45, 7) is 8.40. The molecule has 0 bridgehead atoms. The van der Waals surface area contributed by atoms with E-state index in [9.17, 15) is 5.11 Å². The summed E-state index contributed by atoms with van der Waals surface area (Å²) in [5.74, 6) is 0.548. The summed E-state index contributed by atoms with van der Waals surface area (Å²) < 4.78 is 0. The average Bonchev–Trinajstić information content (AvgIpc) is 2.98. The largest absolute Gasteiger partial charge is 0.387 e. The van der Waals surface area contributed by atoms with E-state index in [1.54, 1.807) is 0 Å². The Labute approximate surface area is 123 Å². The second-order valence-electron chi connectivity index (χ2n) is 6.36. The van der Waals surface area contributed by atoms with Crippen LogP contribution in [0.3, 0.4) is 0 Å². The molecule has 1 aliphatic rings. The zero-order valence-electron chi connectivity index (χ0n) is 13.2. The molecule has 0 amide bonds. The molecule has 112 valence electrons. The van der Waals surface area contributed by atoms with Crippen LogP contribution < -0.4 is 0 Å². The summed E-state index contributed by atoms with van der Waals surface area (Å²) >= 11 is 0. The molecule has 0 spiro atoms. The van der Waals surface area contributed by atoms with Crippen LogP contribution in [-0.2, 0) is 0 Å². The fourth-order valence-corrected chi connectivity index (χ4v) is 3.24. The number of aliphatic hydroxyl groups is 1. The van der Waals surface area contributed by atoms with Crippen molar-refractivity contribution in [2.24, 2.45) is 0 Å². The van der Waals surface area contributed by atoms with E-state index in [0.29, 0.717) is 12.0 Å². The molecule has 1 atom stereocenters. The second-order valence-corrected chi connectivity index (χ2v) is 6.36. The topological polar surface area (TPSA) is 23.5 Å². The molecule has 2 heteroatoms. The van der Waals surface area contributed by atoms with Crippen LogP contribution in [-0.4, -0.2) is 29.1 Å². The molecule has 1 saturated carbocycles. The van der Waals surface area contributed by atoms with Crippen molar-refractivity contribution in [1.82, 2.24) is 4.90 Å². The molecule has 0 radical (unpaired) electrons. The van der Waals surface area contributed by atoms with Gasteiger partial charge in [-0.15, -0.1) is 0 Å². The monoisotopic (exact) mass is 275 g/mol. The molecule has 2 nitrogen and oxygen atoms in total. The Bertz CT molecular complexity index is 392. The lowest BCUT2D eigenvalue weighted by atomic mass is 9.99. The van der Waals surface area contributed by atoms with Crippen LogP contribution in [0.25, 0.3) is 0 Å². The van der Waals surface area contributed by atoms with Gasteiger partial charge in [0.2, 0.25) is 0 Å². The minimum absolute atomic E-state index is 0.364. The third-order valence-electron chi connectivity index (χ3n) is 4.64. The number of hydrogen-bond donors (Lipinski definition) is 1. The highest BCUT2D eigenvalue weighted by Gasteiger charge is 2.23. The average molecular weight is 275 g/mol. The van der Waals surface area contributed by atoms with Gasteiger partial charge in [-0.05, 0) is 36.4 Å². The zero-order valence-corrected chi connectivity index (χ0v) is 13.2. The van der Waals surface area contributed by atoms with Gasteiger partial charge in [0, 0.05) is 12.6 Å². The van der Waals surface area contributed by atoms with Crippen LogP contribution in [0.15, 0.2) is 24.3 Å². The van der Waals surface area contributed by atoms with E-state index in [1.807, 2.05) is 0 Å². The normalized spacial score (nSPS) is 18.1. The van der Waals surface area contributed by atoms with Gasteiger partial charge in [-0.2, -0.15) is 0 Å². The first-order chi connectivity index (χ1) is 9.61. The van der Waals surface area contributed by atoms with E-state index in [2.05, 4.69) is 49.9 Å². The quantitative estimate of drug-likeness (QED) is 0.844. The lowest BCUT2D eigenvalue weighted by Gasteiger charge is -2.29. The first-order valence-corrected chi connectivity index (χ1v) is 8.13. The minimum Gasteiger partial charge on any atom is -0.387 e. The summed E-state index contributed by atoms with van der Waals surface area (Å²) in [4.78, 5) is 2.45. The molecule has 0 aromatic heterocycles. The Morgan fingerprint density at radius 2 is 1.65 bits per heavy atom. The number of nitrogens with zero attached hydrogens (tertiary/aromatic N) is 1. The van der Waals surface area contributed by atoms with Gasteiger partial charge in [0.25, 0.3) is 0 Å². The number of rotatable bonds is 6. The van der Waals surface area contributed by atoms with Crippen molar-refractivity contribution < 1.29 is 5.11 Å². The van der Waals surface area contributed by atoms with E-state index in [-0.39, 0.29) is 6.10 Å². The highest BCUT2D eigenvalue weighted by atomic mass is 16.3. The van der Waals surface area contributed by atoms with Gasteiger partial charge in [0.05, 0.1) is 6.10 Å². The van der Waals surface area contributed by atoms with Crippen molar-refractivity contribution in [3.63, 3.8) is 0 Å². The fourth-order valence-electron chi connectivity index (χ4n) is 3.24. The van der Waals surface area contributed by atoms with Gasteiger partial charge in [-0.25, -0.2) is 0 Å². The van der Waals surface area contributed by atoms with E-state index in [1.165, 1.54) is 31.2 Å². The highest BCUT2D eigenvalue weighted by Crippen LogP contribution is 2.26. The van der Waals surface area contributed by atoms with Crippen molar-refractivity contribution in [1.29, 1.82) is 0 Å². The summed E-state index contributed by atoms with van der Waals surface area (Å²) in [5, 5.41) is 10.5. The standard InChI is InChI=1S/C18H29NO/c1-4-19(17-7-5-6-8-17)13-18(20)16-11-9-15(10-12-16)14(2)3/h9-12,14,17-18,20H,4-8,13H2,1-3H3. The Hall–Kier alpha value is -0.860. The lowest BCUT2D eigenvalue weighted by Crippen LogP contribution is -2.36. The Balaban J connectivity index is 1.97. The van der Waals surface area contributed by atoms with E-state index < -0.39 is 0 Å². The second kappa shape index (κ2) is 7.24. The van der Waals surface area contributed by atoms with Crippen LogP contribution in [0.1, 0.15) is 69.6 Å². The number of likely N-dealkylation sites (N-methyl/N-ethyl adjacent to an activating group) is 1. The Morgan fingerprint density at radius 3 is 2.15 bits per heavy atom. The molecule has 0 aliphatic heterocycles. The van der Waals surface area contributed by atoms with Gasteiger partial charge >= 0.3 is 0 Å². The lowest BCUT2D eigenvalue weighted by molar-refractivity contribution is 0.0914. The molecular weight excluding hydrogens is 246 g/mol. The summed E-state index contributed by atoms with van der Waals surface area (Å²) in [6, 6.07) is 9.15. The predicted molar refractivity (Wildman–Crippen MR) is 85.0 cm³/mol. The van der Waals surface area contributed by atoms with E-state index in [4.69, 9.17) is 0 Å². The third kappa shape index (κ3) is 3.83. The van der Waals surface area contributed by atoms with Gasteiger partial charge in [-0.1, -0.05) is 57.9 Å². The maximum absolute atomic E-state index is 10.5. The number of aliphatic hydroxyl groups excluding tert-OH is 1. The molecule has 1 aliphatic carbocycles. The maximum atomic E-state index is 10.5. The molecule has 2 rings (SSSR count). The first-order valence-electron chi connectivity index (χ1n) is 8.13. The summed E-state index contributed by atoms with van der Waals surface area (Å²) in [7, 11) is 0. The van der Waals surface area contributed by atoms with Crippen molar-refractivity contribution in [2.75, 3.05) is 13.1 Å². The summed E-state index contributed by atoms with van der Waals surface area (Å²) in [5.41, 5.74) is 2.38. The SMILES string of the molecule is CCN(CC(O)c1ccc(C(C)C)cc1)C1CCCC1. The smallest absolute Gasteiger partial charge is 0.0917 e. The maximum Gasteiger partial charge on any atom is 0.0917 e. The predicted octanol–water partition coefficient (Wildman–Crippen LogP) is 4.11. The molecule has 0 heterocycles. The summed E-state index contributed by atoms with van der Waals surface area (Å²) in [6.07, 6.45) is 4.93. The third-order valence-corrected chi connectivity index (χ3v) is 4.64. The van der Waals surface area contributed by atoms with Crippen LogP contribution >= 0.6 is 0 Å².